The molecule has 7 heteroatoms. The molecule has 0 aliphatic carbocycles. The van der Waals surface area contributed by atoms with Gasteiger partial charge in [-0.05, 0) is 24.6 Å². The van der Waals surface area contributed by atoms with Crippen LogP contribution in [0, 0.1) is 5.82 Å². The summed E-state index contributed by atoms with van der Waals surface area (Å²) in [5, 5.41) is 2.74. The summed E-state index contributed by atoms with van der Waals surface area (Å²) in [4.78, 5) is 10.6. The van der Waals surface area contributed by atoms with E-state index in [1.54, 1.807) is 6.92 Å². The van der Waals surface area contributed by atoms with Crippen molar-refractivity contribution >= 4 is 5.91 Å². The van der Waals surface area contributed by atoms with E-state index in [-0.39, 0.29) is 24.6 Å². The Labute approximate surface area is 107 Å². The van der Waals surface area contributed by atoms with E-state index >= 15 is 0 Å². The molecule has 106 valence electrons. The number of rotatable bonds is 5. The Kier molecular flexibility index (Phi) is 4.88. The Morgan fingerprint density at radius 3 is 2.58 bits per heavy atom. The Morgan fingerprint density at radius 2 is 2.05 bits per heavy atom. The van der Waals surface area contributed by atoms with Gasteiger partial charge in [-0.1, -0.05) is 6.07 Å². The highest BCUT2D eigenvalue weighted by Crippen LogP contribution is 2.32. The molecule has 0 aliphatic heterocycles. The Balaban J connectivity index is 2.81. The molecule has 0 aliphatic rings. The van der Waals surface area contributed by atoms with Crippen LogP contribution in [0.5, 0.6) is 0 Å². The Morgan fingerprint density at radius 1 is 1.42 bits per heavy atom. The molecular formula is C12H14F4N2O. The standard InChI is InChI=1S/C12H14F4N2O/c1-7(4-11(17)19)18-6-8-2-3-9(13)5-10(8)12(14,15)16/h2-3,5,7,18H,4,6H2,1H3,(H2,17,19). The van der Waals surface area contributed by atoms with Crippen molar-refractivity contribution in [2.24, 2.45) is 5.73 Å². The highest BCUT2D eigenvalue weighted by molar-refractivity contribution is 5.74. The lowest BCUT2D eigenvalue weighted by Crippen LogP contribution is -2.31. The van der Waals surface area contributed by atoms with E-state index in [1.807, 2.05) is 0 Å². The molecule has 1 aromatic carbocycles. The van der Waals surface area contributed by atoms with Crippen LogP contribution in [0.3, 0.4) is 0 Å². The number of alkyl halides is 3. The molecule has 1 amide bonds. The first-order valence-corrected chi connectivity index (χ1v) is 5.57. The van der Waals surface area contributed by atoms with E-state index in [2.05, 4.69) is 5.32 Å². The number of primary amides is 1. The smallest absolute Gasteiger partial charge is 0.370 e. The zero-order valence-electron chi connectivity index (χ0n) is 10.2. The van der Waals surface area contributed by atoms with Crippen LogP contribution in [0.4, 0.5) is 17.6 Å². The van der Waals surface area contributed by atoms with Gasteiger partial charge >= 0.3 is 6.18 Å². The maximum Gasteiger partial charge on any atom is 0.416 e. The van der Waals surface area contributed by atoms with Crippen molar-refractivity contribution in [3.8, 4) is 0 Å². The molecule has 19 heavy (non-hydrogen) atoms. The summed E-state index contributed by atoms with van der Waals surface area (Å²) in [6, 6.07) is 2.13. The summed E-state index contributed by atoms with van der Waals surface area (Å²) in [5.41, 5.74) is 3.87. The molecule has 1 rings (SSSR count). The number of benzene rings is 1. The summed E-state index contributed by atoms with van der Waals surface area (Å²) in [5.74, 6) is -1.49. The number of amides is 1. The first kappa shape index (κ1) is 15.4. The van der Waals surface area contributed by atoms with Gasteiger partial charge in [-0.3, -0.25) is 4.79 Å². The fourth-order valence-electron chi connectivity index (χ4n) is 1.62. The number of carbonyl (C=O) groups excluding carboxylic acids is 1. The largest absolute Gasteiger partial charge is 0.416 e. The summed E-state index contributed by atoms with van der Waals surface area (Å²) >= 11 is 0. The van der Waals surface area contributed by atoms with E-state index < -0.39 is 23.5 Å². The Bertz CT molecular complexity index is 460. The maximum atomic E-state index is 12.9. The van der Waals surface area contributed by atoms with Crippen molar-refractivity contribution in [1.29, 1.82) is 0 Å². The van der Waals surface area contributed by atoms with Gasteiger partial charge in [-0.2, -0.15) is 13.2 Å². The van der Waals surface area contributed by atoms with E-state index in [1.165, 1.54) is 0 Å². The van der Waals surface area contributed by atoms with Crippen molar-refractivity contribution in [3.63, 3.8) is 0 Å². The van der Waals surface area contributed by atoms with Crippen LogP contribution in [-0.4, -0.2) is 11.9 Å². The highest BCUT2D eigenvalue weighted by atomic mass is 19.4. The minimum absolute atomic E-state index is 0.0164. The molecule has 0 aromatic heterocycles. The molecule has 1 aromatic rings. The first-order chi connectivity index (χ1) is 8.70. The second-order valence-corrected chi connectivity index (χ2v) is 4.25. The molecule has 0 spiro atoms. The van der Waals surface area contributed by atoms with Crippen LogP contribution in [0.1, 0.15) is 24.5 Å². The topological polar surface area (TPSA) is 55.1 Å². The highest BCUT2D eigenvalue weighted by Gasteiger charge is 2.33. The van der Waals surface area contributed by atoms with Crippen LogP contribution in [0.25, 0.3) is 0 Å². The number of carbonyl (C=O) groups is 1. The number of halogens is 4. The lowest BCUT2D eigenvalue weighted by molar-refractivity contribution is -0.138. The van der Waals surface area contributed by atoms with Gasteiger partial charge in [-0.25, -0.2) is 4.39 Å². The fourth-order valence-corrected chi connectivity index (χ4v) is 1.62. The monoisotopic (exact) mass is 278 g/mol. The van der Waals surface area contributed by atoms with Crippen LogP contribution >= 0.6 is 0 Å². The molecule has 3 nitrogen and oxygen atoms in total. The Hall–Kier alpha value is -1.63. The van der Waals surface area contributed by atoms with Gasteiger partial charge in [-0.15, -0.1) is 0 Å². The van der Waals surface area contributed by atoms with Crippen molar-refractivity contribution < 1.29 is 22.4 Å². The normalized spacial score (nSPS) is 13.3. The average Bonchev–Trinajstić information content (AvgIpc) is 2.25. The molecule has 3 N–H and O–H groups in total. The fraction of sp³-hybridized carbons (Fsp3) is 0.417. The third kappa shape index (κ3) is 4.86. The molecule has 0 heterocycles. The van der Waals surface area contributed by atoms with Crippen LogP contribution in [0.2, 0.25) is 0 Å². The zero-order chi connectivity index (χ0) is 14.6. The second kappa shape index (κ2) is 6.01. The number of nitrogens with one attached hydrogen (secondary N) is 1. The first-order valence-electron chi connectivity index (χ1n) is 5.57. The van der Waals surface area contributed by atoms with Crippen LogP contribution < -0.4 is 11.1 Å². The van der Waals surface area contributed by atoms with E-state index in [0.717, 1.165) is 12.1 Å². The second-order valence-electron chi connectivity index (χ2n) is 4.25. The van der Waals surface area contributed by atoms with Gasteiger partial charge in [0.25, 0.3) is 0 Å². The maximum absolute atomic E-state index is 12.9. The van der Waals surface area contributed by atoms with Crippen molar-refractivity contribution in [2.45, 2.75) is 32.1 Å². The quantitative estimate of drug-likeness (QED) is 0.811. The molecule has 0 saturated heterocycles. The molecule has 1 atom stereocenters. The number of hydrogen-bond donors (Lipinski definition) is 2. The van der Waals surface area contributed by atoms with Gasteiger partial charge in [0.15, 0.2) is 0 Å². The summed E-state index contributed by atoms with van der Waals surface area (Å²) in [6.07, 6.45) is -4.60. The predicted molar refractivity (Wildman–Crippen MR) is 61.5 cm³/mol. The minimum atomic E-state index is -4.62. The van der Waals surface area contributed by atoms with Gasteiger partial charge < -0.3 is 11.1 Å². The zero-order valence-corrected chi connectivity index (χ0v) is 10.2. The summed E-state index contributed by atoms with van der Waals surface area (Å²) in [6.45, 7) is 1.51. The molecular weight excluding hydrogens is 264 g/mol. The van der Waals surface area contributed by atoms with Gasteiger partial charge in [0, 0.05) is 19.0 Å². The van der Waals surface area contributed by atoms with Crippen LogP contribution in [0.15, 0.2) is 18.2 Å². The van der Waals surface area contributed by atoms with E-state index in [9.17, 15) is 22.4 Å². The van der Waals surface area contributed by atoms with Crippen LogP contribution in [-0.2, 0) is 17.5 Å². The van der Waals surface area contributed by atoms with E-state index in [0.29, 0.717) is 6.07 Å². The van der Waals surface area contributed by atoms with Gasteiger partial charge in [0.1, 0.15) is 5.82 Å². The van der Waals surface area contributed by atoms with Crippen molar-refractivity contribution in [2.75, 3.05) is 0 Å². The average molecular weight is 278 g/mol. The third-order valence-corrected chi connectivity index (χ3v) is 2.53. The SMILES string of the molecule is CC(CC(N)=O)NCc1ccc(F)cc1C(F)(F)F. The summed E-state index contributed by atoms with van der Waals surface area (Å²) < 4.78 is 50.9. The van der Waals surface area contributed by atoms with Crippen molar-refractivity contribution in [3.05, 3.63) is 35.1 Å². The van der Waals surface area contributed by atoms with E-state index in [4.69, 9.17) is 5.73 Å². The number of hydrogen-bond acceptors (Lipinski definition) is 2. The predicted octanol–water partition coefficient (Wildman–Crippen LogP) is 2.20. The number of nitrogens with two attached hydrogens (primary N) is 1. The molecule has 0 radical (unpaired) electrons. The third-order valence-electron chi connectivity index (χ3n) is 2.53. The lowest BCUT2D eigenvalue weighted by Gasteiger charge is -2.16. The minimum Gasteiger partial charge on any atom is -0.370 e. The van der Waals surface area contributed by atoms with Gasteiger partial charge in [0.2, 0.25) is 5.91 Å². The molecule has 1 unspecified atom stereocenters. The molecule has 0 bridgehead atoms. The van der Waals surface area contributed by atoms with Gasteiger partial charge in [0.05, 0.1) is 5.56 Å². The van der Waals surface area contributed by atoms with Crippen molar-refractivity contribution in [1.82, 2.24) is 5.32 Å². The molecule has 0 fully saturated rings. The summed E-state index contributed by atoms with van der Waals surface area (Å²) in [7, 11) is 0. The lowest BCUT2D eigenvalue weighted by atomic mass is 10.1. The molecule has 0 saturated carbocycles.